The highest BCUT2D eigenvalue weighted by Crippen LogP contribution is 2.44. The molecule has 2 amide bonds. The number of rotatable bonds is 9. The predicted octanol–water partition coefficient (Wildman–Crippen LogP) is 8.02. The van der Waals surface area contributed by atoms with Crippen molar-refractivity contribution in [1.29, 1.82) is 0 Å². The van der Waals surface area contributed by atoms with Gasteiger partial charge in [0.1, 0.15) is 11.9 Å². The third-order valence-corrected chi connectivity index (χ3v) is 7.35. The van der Waals surface area contributed by atoms with Crippen LogP contribution in [-0.2, 0) is 9.53 Å². The van der Waals surface area contributed by atoms with E-state index < -0.39 is 17.6 Å². The molecule has 0 aliphatic carbocycles. The number of ether oxygens (including phenoxy) is 1. The molecule has 0 aliphatic heterocycles. The number of nitrogens with two attached hydrogens (primary N) is 1. The van der Waals surface area contributed by atoms with Crippen LogP contribution in [0.3, 0.4) is 0 Å². The van der Waals surface area contributed by atoms with Gasteiger partial charge in [-0.25, -0.2) is 4.79 Å². The Balaban J connectivity index is 1.49. The van der Waals surface area contributed by atoms with Crippen molar-refractivity contribution in [2.45, 2.75) is 32.8 Å². The Kier molecular flexibility index (Phi) is 9.31. The van der Waals surface area contributed by atoms with Crippen LogP contribution in [0.5, 0.6) is 5.75 Å². The highest BCUT2D eigenvalue weighted by molar-refractivity contribution is 14.1. The van der Waals surface area contributed by atoms with Crippen LogP contribution in [0.1, 0.15) is 38.4 Å². The van der Waals surface area contributed by atoms with Crippen LogP contribution in [0, 0.1) is 8.99 Å². The number of allylic oxidation sites excluding steroid dienone is 1. The summed E-state index contributed by atoms with van der Waals surface area (Å²) in [5, 5.41) is 18.3. The highest BCUT2D eigenvalue weighted by Gasteiger charge is 2.35. The Labute approximate surface area is 247 Å². The van der Waals surface area contributed by atoms with Crippen LogP contribution >= 0.6 is 22.6 Å². The summed E-state index contributed by atoms with van der Waals surface area (Å²) in [5.74, 6) is -0.236. The largest absolute Gasteiger partial charge is 0.508 e. The lowest BCUT2D eigenvalue weighted by Crippen LogP contribution is -2.29. The minimum Gasteiger partial charge on any atom is -0.508 e. The zero-order valence-corrected chi connectivity index (χ0v) is 24.5. The molecule has 0 aromatic heterocycles. The van der Waals surface area contributed by atoms with Crippen molar-refractivity contribution in [3.63, 3.8) is 0 Å². The third-order valence-electron chi connectivity index (χ3n) is 6.68. The summed E-state index contributed by atoms with van der Waals surface area (Å²) in [7, 11) is 0. The Bertz CT molecular complexity index is 1550. The topological polar surface area (TPSA) is 114 Å². The van der Waals surface area contributed by atoms with Gasteiger partial charge in [0, 0.05) is 19.9 Å². The fourth-order valence-corrected chi connectivity index (χ4v) is 5.04. The van der Waals surface area contributed by atoms with Gasteiger partial charge >= 0.3 is 6.09 Å². The standard InChI is InChI=1S/C32H32IN3O4/c1-32(2,19-8-7-16-29(38)35-27-14-6-5-13-25(27)34)30(24-20-22(33)17-18-28(24)37)40-31(39)36-26-15-9-11-21-10-3-4-12-23(21)26/h3-7,9-18,20,30,37H,8,19,34H2,1-2H3,(H,35,38)(H,36,39)/b16-7+/t30-/m1/s1. The van der Waals surface area contributed by atoms with Crippen LogP contribution in [0.2, 0.25) is 0 Å². The number of hydrogen-bond acceptors (Lipinski definition) is 5. The molecule has 0 radical (unpaired) electrons. The van der Waals surface area contributed by atoms with E-state index in [0.717, 1.165) is 14.3 Å². The van der Waals surface area contributed by atoms with Crippen molar-refractivity contribution in [3.8, 4) is 5.75 Å². The number of phenolic OH excluding ortho intramolecular Hbond substituents is 1. The van der Waals surface area contributed by atoms with E-state index in [1.807, 2.05) is 62.4 Å². The van der Waals surface area contributed by atoms with E-state index >= 15 is 0 Å². The number of phenols is 1. The van der Waals surface area contributed by atoms with E-state index in [-0.39, 0.29) is 11.7 Å². The Morgan fingerprint density at radius 2 is 1.68 bits per heavy atom. The molecular weight excluding hydrogens is 617 g/mol. The van der Waals surface area contributed by atoms with E-state index in [9.17, 15) is 14.7 Å². The van der Waals surface area contributed by atoms with Gasteiger partial charge in [-0.15, -0.1) is 0 Å². The second-order valence-corrected chi connectivity index (χ2v) is 11.4. The number of carbonyl (C=O) groups excluding carboxylic acids is 2. The Morgan fingerprint density at radius 1 is 0.975 bits per heavy atom. The van der Waals surface area contributed by atoms with Gasteiger partial charge in [0.25, 0.3) is 0 Å². The first-order valence-electron chi connectivity index (χ1n) is 12.9. The zero-order valence-electron chi connectivity index (χ0n) is 22.4. The first kappa shape index (κ1) is 28.9. The van der Waals surface area contributed by atoms with E-state index in [4.69, 9.17) is 10.5 Å². The van der Waals surface area contributed by atoms with E-state index in [0.29, 0.717) is 35.5 Å². The maximum Gasteiger partial charge on any atom is 0.412 e. The summed E-state index contributed by atoms with van der Waals surface area (Å²) in [6, 6.07) is 25.7. The summed E-state index contributed by atoms with van der Waals surface area (Å²) in [6.45, 7) is 3.95. The zero-order chi connectivity index (χ0) is 28.7. The lowest BCUT2D eigenvalue weighted by atomic mass is 9.78. The molecule has 4 aromatic carbocycles. The van der Waals surface area contributed by atoms with Crippen molar-refractivity contribution in [3.05, 3.63) is 106 Å². The molecule has 0 bridgehead atoms. The number of amides is 2. The molecule has 0 saturated heterocycles. The Morgan fingerprint density at radius 3 is 2.48 bits per heavy atom. The second-order valence-electron chi connectivity index (χ2n) is 10.1. The maximum absolute atomic E-state index is 13.2. The number of nitrogens with one attached hydrogen (secondary N) is 2. The molecule has 0 spiro atoms. The fraction of sp³-hybridized carbons (Fsp3) is 0.188. The number of nitrogen functional groups attached to an aromatic ring is 1. The molecule has 7 nitrogen and oxygen atoms in total. The first-order chi connectivity index (χ1) is 19.1. The van der Waals surface area contributed by atoms with Crippen molar-refractivity contribution in [1.82, 2.24) is 0 Å². The summed E-state index contributed by atoms with van der Waals surface area (Å²) in [6.07, 6.45) is 2.97. The molecule has 206 valence electrons. The van der Waals surface area contributed by atoms with Gasteiger partial charge in [-0.2, -0.15) is 0 Å². The summed E-state index contributed by atoms with van der Waals surface area (Å²) < 4.78 is 6.93. The lowest BCUT2D eigenvalue weighted by Gasteiger charge is -2.34. The summed E-state index contributed by atoms with van der Waals surface area (Å²) in [5.41, 5.74) is 7.51. The number of para-hydroxylation sites is 2. The van der Waals surface area contributed by atoms with Crippen molar-refractivity contribution in [2.75, 3.05) is 16.4 Å². The number of halogens is 1. The number of anilines is 3. The molecule has 0 aliphatic rings. The fourth-order valence-electron chi connectivity index (χ4n) is 4.52. The van der Waals surface area contributed by atoms with E-state index in [1.54, 1.807) is 42.5 Å². The van der Waals surface area contributed by atoms with Crippen LogP contribution < -0.4 is 16.4 Å². The Hall–Kier alpha value is -4.05. The van der Waals surface area contributed by atoms with Crippen LogP contribution in [-0.4, -0.2) is 17.1 Å². The average Bonchev–Trinajstić information content (AvgIpc) is 2.93. The molecule has 0 unspecified atom stereocenters. The van der Waals surface area contributed by atoms with Gasteiger partial charge in [-0.1, -0.05) is 68.5 Å². The molecule has 4 aromatic rings. The number of hydrogen-bond donors (Lipinski definition) is 4. The smallest absolute Gasteiger partial charge is 0.412 e. The molecule has 5 N–H and O–H groups in total. The van der Waals surface area contributed by atoms with Gasteiger partial charge in [0.05, 0.1) is 17.1 Å². The quantitative estimate of drug-likeness (QED) is 0.0834. The molecule has 1 atom stereocenters. The van der Waals surface area contributed by atoms with Gasteiger partial charge in [0.15, 0.2) is 0 Å². The van der Waals surface area contributed by atoms with Crippen molar-refractivity contribution in [2.24, 2.45) is 5.41 Å². The average molecular weight is 650 g/mol. The molecule has 40 heavy (non-hydrogen) atoms. The summed E-state index contributed by atoms with van der Waals surface area (Å²) in [4.78, 5) is 25.6. The molecule has 0 saturated carbocycles. The van der Waals surface area contributed by atoms with Gasteiger partial charge in [0.2, 0.25) is 5.91 Å². The van der Waals surface area contributed by atoms with Crippen molar-refractivity contribution >= 4 is 62.4 Å². The highest BCUT2D eigenvalue weighted by atomic mass is 127. The second kappa shape index (κ2) is 12.9. The number of benzene rings is 4. The molecular formula is C32H32IN3O4. The monoisotopic (exact) mass is 649 g/mol. The molecule has 8 heteroatoms. The van der Waals surface area contributed by atoms with E-state index in [2.05, 4.69) is 33.2 Å². The predicted molar refractivity (Wildman–Crippen MR) is 169 cm³/mol. The first-order valence-corrected chi connectivity index (χ1v) is 14.0. The van der Waals surface area contributed by atoms with Crippen molar-refractivity contribution < 1.29 is 19.4 Å². The lowest BCUT2D eigenvalue weighted by molar-refractivity contribution is -0.111. The molecule has 4 rings (SSSR count). The van der Waals surface area contributed by atoms with Crippen LogP contribution in [0.15, 0.2) is 97.1 Å². The van der Waals surface area contributed by atoms with Gasteiger partial charge in [-0.3, -0.25) is 10.1 Å². The normalized spacial score (nSPS) is 12.3. The van der Waals surface area contributed by atoms with E-state index in [1.165, 1.54) is 6.08 Å². The van der Waals surface area contributed by atoms with Crippen LogP contribution in [0.4, 0.5) is 21.9 Å². The minimum absolute atomic E-state index is 0.0480. The summed E-state index contributed by atoms with van der Waals surface area (Å²) >= 11 is 2.17. The number of fused-ring (bicyclic) bond motifs is 1. The SMILES string of the molecule is CC(C)(CC/C=C/C(=O)Nc1ccccc1N)[C@H](OC(=O)Nc1cccc2ccccc12)c1cc(I)ccc1O. The van der Waals surface area contributed by atoms with Crippen LogP contribution in [0.25, 0.3) is 10.8 Å². The molecule has 0 fully saturated rings. The third kappa shape index (κ3) is 7.32. The van der Waals surface area contributed by atoms with Gasteiger partial charge < -0.3 is 20.9 Å². The number of carbonyl (C=O) groups is 2. The van der Waals surface area contributed by atoms with Gasteiger partial charge in [-0.05, 0) is 83.3 Å². The maximum atomic E-state index is 13.2. The minimum atomic E-state index is -0.761. The number of aromatic hydroxyl groups is 1. The molecule has 0 heterocycles.